The van der Waals surface area contributed by atoms with Crippen LogP contribution in [0, 0.1) is 0 Å². The summed E-state index contributed by atoms with van der Waals surface area (Å²) in [6.07, 6.45) is 5.27. The number of allylic oxidation sites excluding steroid dienone is 1. The van der Waals surface area contributed by atoms with Gasteiger partial charge in [-0.1, -0.05) is 12.5 Å². The van der Waals surface area contributed by atoms with Crippen molar-refractivity contribution in [3.05, 3.63) is 69.8 Å². The molecule has 5 nitrogen and oxygen atoms in total. The number of hydrogen-bond donors (Lipinski definition) is 1. The number of likely N-dealkylation sites (N-methyl/N-ethyl adjacent to an activating group) is 1. The maximum absolute atomic E-state index is 12.8. The Labute approximate surface area is 168 Å². The number of ketones is 2. The molecule has 0 aromatic heterocycles. The highest BCUT2D eigenvalue weighted by Gasteiger charge is 2.40. The van der Waals surface area contributed by atoms with E-state index in [0.717, 1.165) is 12.1 Å². The zero-order valence-corrected chi connectivity index (χ0v) is 16.1. The summed E-state index contributed by atoms with van der Waals surface area (Å²) in [4.78, 5) is 39.2. The largest absolute Gasteiger partial charge is 0.478 e. The van der Waals surface area contributed by atoms with Crippen LogP contribution in [0.15, 0.2) is 42.0 Å². The number of fused-ring (bicyclic) bond motifs is 4. The van der Waals surface area contributed by atoms with E-state index < -0.39 is 11.8 Å². The van der Waals surface area contributed by atoms with Crippen molar-refractivity contribution in [1.29, 1.82) is 0 Å². The highest BCUT2D eigenvalue weighted by atomic mass is 16.4. The summed E-state index contributed by atoms with van der Waals surface area (Å²) < 4.78 is 0. The maximum Gasteiger partial charge on any atom is 0.335 e. The fourth-order valence-corrected chi connectivity index (χ4v) is 5.24. The molecule has 0 radical (unpaired) electrons. The molecule has 5 heteroatoms. The van der Waals surface area contributed by atoms with Crippen LogP contribution in [-0.4, -0.2) is 35.2 Å². The second kappa shape index (κ2) is 6.41. The van der Waals surface area contributed by atoms with Gasteiger partial charge in [0.2, 0.25) is 0 Å². The Morgan fingerprint density at radius 1 is 1.10 bits per heavy atom. The quantitative estimate of drug-likeness (QED) is 0.627. The first kappa shape index (κ1) is 17.9. The van der Waals surface area contributed by atoms with E-state index in [1.54, 1.807) is 6.08 Å². The minimum absolute atomic E-state index is 0.00983. The van der Waals surface area contributed by atoms with Crippen LogP contribution in [0.2, 0.25) is 0 Å². The normalized spacial score (nSPS) is 23.5. The summed E-state index contributed by atoms with van der Waals surface area (Å²) in [6, 6.07) is 10.8. The number of anilines is 1. The fourth-order valence-electron chi connectivity index (χ4n) is 5.24. The van der Waals surface area contributed by atoms with Gasteiger partial charge in [-0.15, -0.1) is 0 Å². The van der Waals surface area contributed by atoms with Gasteiger partial charge in [0, 0.05) is 35.3 Å². The number of nitrogens with zero attached hydrogens (tertiary/aromatic N) is 1. The first-order valence-electron chi connectivity index (χ1n) is 10.1. The fraction of sp³-hybridized carbons (Fsp3) is 0.292. The molecule has 5 rings (SSSR count). The minimum atomic E-state index is -1.12. The van der Waals surface area contributed by atoms with Gasteiger partial charge < -0.3 is 10.0 Å². The summed E-state index contributed by atoms with van der Waals surface area (Å²) in [5.41, 5.74) is 3.99. The van der Waals surface area contributed by atoms with Crippen LogP contribution < -0.4 is 4.90 Å². The third-order valence-electron chi connectivity index (χ3n) is 6.54. The lowest BCUT2D eigenvalue weighted by Crippen LogP contribution is -2.30. The topological polar surface area (TPSA) is 74.7 Å². The van der Waals surface area contributed by atoms with Gasteiger partial charge in [0.05, 0.1) is 11.1 Å². The van der Waals surface area contributed by atoms with Gasteiger partial charge in [0.15, 0.2) is 11.6 Å². The molecule has 1 fully saturated rings. The number of carbonyl (C=O) groups excluding carboxylic acids is 2. The van der Waals surface area contributed by atoms with E-state index in [-0.39, 0.29) is 28.0 Å². The van der Waals surface area contributed by atoms with Gasteiger partial charge in [-0.2, -0.15) is 0 Å². The minimum Gasteiger partial charge on any atom is -0.478 e. The highest BCUT2D eigenvalue weighted by molar-refractivity contribution is 6.41. The molecule has 1 heterocycles. The zero-order chi connectivity index (χ0) is 20.3. The van der Waals surface area contributed by atoms with Gasteiger partial charge >= 0.3 is 5.97 Å². The molecule has 1 saturated carbocycles. The molecule has 3 aliphatic rings. The standard InChI is InChI=1S/C24H21NO4/c1-2-25-20-5-3-4-15(20)17-10-13(6-9-21(17)25)11-19-22(26)16-8-7-14(24(28)29)12-18(16)23(19)27/h6-12,15,20H,2-5H2,1H3,(H,28,29)/b19-11+. The van der Waals surface area contributed by atoms with Crippen molar-refractivity contribution in [3.63, 3.8) is 0 Å². The molecule has 0 bridgehead atoms. The summed E-state index contributed by atoms with van der Waals surface area (Å²) in [5.74, 6) is -1.33. The molecule has 1 aliphatic heterocycles. The molecule has 29 heavy (non-hydrogen) atoms. The number of rotatable bonds is 3. The van der Waals surface area contributed by atoms with Crippen LogP contribution in [0.3, 0.4) is 0 Å². The maximum atomic E-state index is 12.8. The number of carbonyl (C=O) groups is 3. The summed E-state index contributed by atoms with van der Waals surface area (Å²) in [5, 5.41) is 9.16. The Hall–Kier alpha value is -3.21. The predicted molar refractivity (Wildman–Crippen MR) is 110 cm³/mol. The van der Waals surface area contributed by atoms with E-state index in [0.29, 0.717) is 12.0 Å². The second-order valence-electron chi connectivity index (χ2n) is 7.99. The third kappa shape index (κ3) is 2.57. The Balaban J connectivity index is 1.53. The molecular formula is C24H21NO4. The van der Waals surface area contributed by atoms with Crippen LogP contribution in [0.5, 0.6) is 0 Å². The van der Waals surface area contributed by atoms with Crippen LogP contribution in [0.4, 0.5) is 5.69 Å². The molecule has 0 amide bonds. The number of carboxylic acid groups (broad SMARTS) is 1. The monoisotopic (exact) mass is 387 g/mol. The lowest BCUT2D eigenvalue weighted by atomic mass is 9.95. The predicted octanol–water partition coefficient (Wildman–Crippen LogP) is 4.32. The summed E-state index contributed by atoms with van der Waals surface area (Å²) >= 11 is 0. The molecular weight excluding hydrogens is 366 g/mol. The van der Waals surface area contributed by atoms with E-state index in [1.807, 2.05) is 6.07 Å². The number of carboxylic acids is 1. The number of Topliss-reactive ketones (excluding diaryl/α,β-unsaturated/α-hetero) is 2. The van der Waals surface area contributed by atoms with Crippen LogP contribution in [0.25, 0.3) is 6.08 Å². The van der Waals surface area contributed by atoms with Gasteiger partial charge in [0.25, 0.3) is 0 Å². The van der Waals surface area contributed by atoms with Crippen molar-refractivity contribution in [2.45, 2.75) is 38.1 Å². The van der Waals surface area contributed by atoms with E-state index >= 15 is 0 Å². The van der Waals surface area contributed by atoms with E-state index in [1.165, 1.54) is 48.7 Å². The first-order chi connectivity index (χ1) is 14.0. The SMILES string of the molecule is CCN1c2ccc(/C=C3\C(=O)c4ccc(C(=O)O)cc4C3=O)cc2C2CCCC21. The van der Waals surface area contributed by atoms with Crippen LogP contribution >= 0.6 is 0 Å². The highest BCUT2D eigenvalue weighted by Crippen LogP contribution is 2.49. The van der Waals surface area contributed by atoms with Gasteiger partial charge in [-0.3, -0.25) is 9.59 Å². The molecule has 2 unspecified atom stereocenters. The van der Waals surface area contributed by atoms with Gasteiger partial charge in [-0.05, 0) is 67.3 Å². The lowest BCUT2D eigenvalue weighted by Gasteiger charge is -2.25. The second-order valence-corrected chi connectivity index (χ2v) is 7.99. The Kier molecular flexibility index (Phi) is 3.95. The molecule has 1 N–H and O–H groups in total. The number of aromatic carboxylic acids is 1. The Morgan fingerprint density at radius 2 is 1.90 bits per heavy atom. The van der Waals surface area contributed by atoms with Crippen molar-refractivity contribution in [2.24, 2.45) is 0 Å². The molecule has 2 aromatic carbocycles. The van der Waals surface area contributed by atoms with Crippen LogP contribution in [0.1, 0.15) is 74.3 Å². The molecule has 2 atom stereocenters. The van der Waals surface area contributed by atoms with Crippen molar-refractivity contribution < 1.29 is 19.5 Å². The summed E-state index contributed by atoms with van der Waals surface area (Å²) in [7, 11) is 0. The van der Waals surface area contributed by atoms with Crippen molar-refractivity contribution in [3.8, 4) is 0 Å². The average Bonchev–Trinajstić information content (AvgIpc) is 3.36. The smallest absolute Gasteiger partial charge is 0.335 e. The van der Waals surface area contributed by atoms with Crippen LogP contribution in [-0.2, 0) is 0 Å². The zero-order valence-electron chi connectivity index (χ0n) is 16.1. The lowest BCUT2D eigenvalue weighted by molar-refractivity contribution is 0.0696. The molecule has 146 valence electrons. The van der Waals surface area contributed by atoms with E-state index in [2.05, 4.69) is 24.0 Å². The van der Waals surface area contributed by atoms with Crippen molar-refractivity contribution in [1.82, 2.24) is 0 Å². The van der Waals surface area contributed by atoms with E-state index in [9.17, 15) is 14.4 Å². The Bertz CT molecular complexity index is 1110. The van der Waals surface area contributed by atoms with E-state index in [4.69, 9.17) is 5.11 Å². The molecule has 2 aromatic rings. The Morgan fingerprint density at radius 3 is 2.66 bits per heavy atom. The number of benzene rings is 2. The molecule has 0 saturated heterocycles. The van der Waals surface area contributed by atoms with Gasteiger partial charge in [-0.25, -0.2) is 4.79 Å². The molecule has 2 aliphatic carbocycles. The third-order valence-corrected chi connectivity index (χ3v) is 6.54. The first-order valence-corrected chi connectivity index (χ1v) is 10.1. The van der Waals surface area contributed by atoms with Crippen molar-refractivity contribution in [2.75, 3.05) is 11.4 Å². The average molecular weight is 387 g/mol. The summed E-state index contributed by atoms with van der Waals surface area (Å²) in [6.45, 7) is 3.16. The van der Waals surface area contributed by atoms with Crippen molar-refractivity contribution >= 4 is 29.3 Å². The molecule has 0 spiro atoms. The number of hydrogen-bond acceptors (Lipinski definition) is 4. The van der Waals surface area contributed by atoms with Gasteiger partial charge in [0.1, 0.15) is 0 Å².